The van der Waals surface area contributed by atoms with Crippen molar-refractivity contribution in [1.29, 1.82) is 0 Å². The predicted octanol–water partition coefficient (Wildman–Crippen LogP) is 1.86. The molecule has 0 heterocycles. The van der Waals surface area contributed by atoms with Gasteiger partial charge >= 0.3 is 0 Å². The predicted molar refractivity (Wildman–Crippen MR) is 55.4 cm³/mol. The molecule has 4 heteroatoms. The van der Waals surface area contributed by atoms with Gasteiger partial charge in [0.25, 0.3) is 0 Å². The van der Waals surface area contributed by atoms with Gasteiger partial charge in [-0.15, -0.1) is 25.0 Å². The number of hydrogen-bond acceptors (Lipinski definition) is 3. The molecule has 0 radical (unpaired) electrons. The van der Waals surface area contributed by atoms with Crippen LogP contribution in [-0.2, 0) is 6.54 Å². The summed E-state index contributed by atoms with van der Waals surface area (Å²) in [7, 11) is 1.63. The van der Waals surface area contributed by atoms with Crippen LogP contribution in [0.3, 0.4) is 0 Å². The summed E-state index contributed by atoms with van der Waals surface area (Å²) in [5, 5.41) is 0. The third-order valence-corrected chi connectivity index (χ3v) is 1.95. The highest BCUT2D eigenvalue weighted by Gasteiger charge is 2.02. The van der Waals surface area contributed by atoms with E-state index in [1.807, 2.05) is 18.2 Å². The first-order valence-corrected chi connectivity index (χ1v) is 3.79. The van der Waals surface area contributed by atoms with E-state index in [1.54, 1.807) is 7.11 Å². The fourth-order valence-electron chi connectivity index (χ4n) is 0.950. The molecule has 2 nitrogen and oxygen atoms in total. The molecule has 2 N–H and O–H groups in total. The van der Waals surface area contributed by atoms with E-state index in [2.05, 4.69) is 12.6 Å². The Labute approximate surface area is 83.9 Å². The number of nitrogens with two attached hydrogens (primary N) is 1. The van der Waals surface area contributed by atoms with Crippen molar-refractivity contribution in [3.63, 3.8) is 0 Å². The van der Waals surface area contributed by atoms with E-state index in [-0.39, 0.29) is 12.4 Å². The Hall–Kier alpha value is -0.380. The van der Waals surface area contributed by atoms with Crippen LogP contribution in [0.2, 0.25) is 0 Å². The molecule has 0 spiro atoms. The molecule has 0 amide bonds. The third kappa shape index (κ3) is 2.30. The fraction of sp³-hybridized carbons (Fsp3) is 0.250. The van der Waals surface area contributed by atoms with E-state index in [0.717, 1.165) is 16.2 Å². The first-order chi connectivity index (χ1) is 5.29. The largest absolute Gasteiger partial charge is 0.496 e. The van der Waals surface area contributed by atoms with Gasteiger partial charge in [0.2, 0.25) is 0 Å². The van der Waals surface area contributed by atoms with Gasteiger partial charge in [0.15, 0.2) is 0 Å². The minimum Gasteiger partial charge on any atom is -0.496 e. The highest BCUT2D eigenvalue weighted by atomic mass is 35.5. The van der Waals surface area contributed by atoms with E-state index in [9.17, 15) is 0 Å². The van der Waals surface area contributed by atoms with Crippen molar-refractivity contribution < 1.29 is 4.74 Å². The van der Waals surface area contributed by atoms with Gasteiger partial charge in [-0.25, -0.2) is 0 Å². The summed E-state index contributed by atoms with van der Waals surface area (Å²) in [4.78, 5) is 0.881. The second kappa shape index (κ2) is 5.30. The lowest BCUT2D eigenvalue weighted by atomic mass is 10.2. The Morgan fingerprint density at radius 1 is 1.50 bits per heavy atom. The normalized spacial score (nSPS) is 8.92. The standard InChI is InChI=1S/C8H11NOS.ClH/c1-10-7-3-2-4-8(11)6(7)5-9;/h2-4,11H,5,9H2,1H3;1H. The number of rotatable bonds is 2. The molecule has 1 rings (SSSR count). The van der Waals surface area contributed by atoms with Crippen molar-refractivity contribution in [3.8, 4) is 5.75 Å². The lowest BCUT2D eigenvalue weighted by Crippen LogP contribution is -2.00. The molecule has 0 unspecified atom stereocenters. The van der Waals surface area contributed by atoms with Crippen molar-refractivity contribution in [1.82, 2.24) is 0 Å². The summed E-state index contributed by atoms with van der Waals surface area (Å²) in [6.45, 7) is 0.461. The highest BCUT2D eigenvalue weighted by molar-refractivity contribution is 7.80. The first kappa shape index (κ1) is 11.6. The molecule has 0 fully saturated rings. The van der Waals surface area contributed by atoms with Crippen molar-refractivity contribution in [3.05, 3.63) is 23.8 Å². The van der Waals surface area contributed by atoms with Gasteiger partial charge in [-0.1, -0.05) is 6.07 Å². The Kier molecular flexibility index (Phi) is 5.13. The van der Waals surface area contributed by atoms with E-state index >= 15 is 0 Å². The molecule has 0 aromatic heterocycles. The lowest BCUT2D eigenvalue weighted by molar-refractivity contribution is 0.408. The molecular weight excluding hydrogens is 194 g/mol. The summed E-state index contributed by atoms with van der Waals surface area (Å²) in [6.07, 6.45) is 0. The molecule has 0 aliphatic carbocycles. The van der Waals surface area contributed by atoms with Crippen LogP contribution in [0.5, 0.6) is 5.75 Å². The Morgan fingerprint density at radius 3 is 2.58 bits per heavy atom. The SMILES string of the molecule is COc1cccc(S)c1CN.Cl. The summed E-state index contributed by atoms with van der Waals surface area (Å²) in [6, 6.07) is 5.66. The van der Waals surface area contributed by atoms with Crippen LogP contribution in [0.1, 0.15) is 5.56 Å². The van der Waals surface area contributed by atoms with Gasteiger partial charge in [-0.2, -0.15) is 0 Å². The number of thiol groups is 1. The van der Waals surface area contributed by atoms with Gasteiger partial charge in [0, 0.05) is 17.0 Å². The topological polar surface area (TPSA) is 35.2 Å². The van der Waals surface area contributed by atoms with Crippen LogP contribution in [0.4, 0.5) is 0 Å². The van der Waals surface area contributed by atoms with Crippen LogP contribution in [-0.4, -0.2) is 7.11 Å². The molecule has 0 bridgehead atoms. The van der Waals surface area contributed by atoms with Gasteiger partial charge in [-0.3, -0.25) is 0 Å². The van der Waals surface area contributed by atoms with Crippen LogP contribution >= 0.6 is 25.0 Å². The number of ether oxygens (including phenoxy) is 1. The quantitative estimate of drug-likeness (QED) is 0.724. The Bertz CT molecular complexity index is 255. The molecule has 1 aromatic rings. The minimum atomic E-state index is 0. The second-order valence-electron chi connectivity index (χ2n) is 2.16. The van der Waals surface area contributed by atoms with Gasteiger partial charge in [-0.05, 0) is 12.1 Å². The maximum Gasteiger partial charge on any atom is 0.124 e. The molecule has 0 saturated carbocycles. The van der Waals surface area contributed by atoms with Crippen LogP contribution in [0.25, 0.3) is 0 Å². The maximum absolute atomic E-state index is 5.50. The fourth-order valence-corrected chi connectivity index (χ4v) is 1.24. The minimum absolute atomic E-state index is 0. The Balaban J connectivity index is 0.00000121. The third-order valence-electron chi connectivity index (χ3n) is 1.53. The van der Waals surface area contributed by atoms with Crippen LogP contribution in [0.15, 0.2) is 23.1 Å². The maximum atomic E-state index is 5.50. The van der Waals surface area contributed by atoms with Crippen molar-refractivity contribution >= 4 is 25.0 Å². The molecular formula is C8H12ClNOS. The van der Waals surface area contributed by atoms with Gasteiger partial charge in [0.1, 0.15) is 5.75 Å². The Morgan fingerprint density at radius 2 is 2.17 bits per heavy atom. The smallest absolute Gasteiger partial charge is 0.124 e. The van der Waals surface area contributed by atoms with E-state index in [0.29, 0.717) is 6.54 Å². The van der Waals surface area contributed by atoms with Crippen molar-refractivity contribution in [2.75, 3.05) is 7.11 Å². The first-order valence-electron chi connectivity index (χ1n) is 3.34. The average Bonchev–Trinajstić information content (AvgIpc) is 2.04. The highest BCUT2D eigenvalue weighted by Crippen LogP contribution is 2.23. The summed E-state index contributed by atoms with van der Waals surface area (Å²) < 4.78 is 5.09. The number of benzene rings is 1. The number of hydrogen-bond donors (Lipinski definition) is 2. The summed E-state index contributed by atoms with van der Waals surface area (Å²) in [5.41, 5.74) is 6.45. The molecule has 0 aliphatic rings. The van der Waals surface area contributed by atoms with E-state index < -0.39 is 0 Å². The lowest BCUT2D eigenvalue weighted by Gasteiger charge is -2.07. The monoisotopic (exact) mass is 205 g/mol. The van der Waals surface area contributed by atoms with Crippen molar-refractivity contribution in [2.45, 2.75) is 11.4 Å². The second-order valence-corrected chi connectivity index (χ2v) is 2.64. The molecule has 12 heavy (non-hydrogen) atoms. The summed E-state index contributed by atoms with van der Waals surface area (Å²) >= 11 is 4.24. The number of methoxy groups -OCH3 is 1. The molecule has 68 valence electrons. The molecule has 0 aliphatic heterocycles. The zero-order chi connectivity index (χ0) is 8.27. The van der Waals surface area contributed by atoms with Crippen molar-refractivity contribution in [2.24, 2.45) is 5.73 Å². The average molecular weight is 206 g/mol. The molecule has 0 atom stereocenters. The zero-order valence-corrected chi connectivity index (χ0v) is 8.49. The van der Waals surface area contributed by atoms with Gasteiger partial charge in [0.05, 0.1) is 7.11 Å². The van der Waals surface area contributed by atoms with E-state index in [4.69, 9.17) is 10.5 Å². The molecule has 0 saturated heterocycles. The zero-order valence-electron chi connectivity index (χ0n) is 6.78. The van der Waals surface area contributed by atoms with E-state index in [1.165, 1.54) is 0 Å². The summed E-state index contributed by atoms with van der Waals surface area (Å²) in [5.74, 6) is 0.806. The van der Waals surface area contributed by atoms with Crippen LogP contribution in [0, 0.1) is 0 Å². The van der Waals surface area contributed by atoms with Crippen LogP contribution < -0.4 is 10.5 Å². The molecule has 1 aromatic carbocycles. The van der Waals surface area contributed by atoms with Gasteiger partial charge < -0.3 is 10.5 Å². The number of halogens is 1.